The Hall–Kier alpha value is -2.87. The van der Waals surface area contributed by atoms with Crippen LogP contribution in [0.1, 0.15) is 22.5 Å². The number of aromatic nitrogens is 5. The molecular weight excluding hydrogens is 320 g/mol. The molecular formula is C17H18N6O2. The Labute approximate surface area is 144 Å². The van der Waals surface area contributed by atoms with Crippen molar-refractivity contribution in [1.29, 1.82) is 0 Å². The molecule has 1 aliphatic rings. The molecule has 8 nitrogen and oxygen atoms in total. The lowest BCUT2D eigenvalue weighted by molar-refractivity contribution is -0.0246. The standard InChI is InChI=1S/C17H18N6O2/c24-17(12-1-4-15-16(9-12)21-22-20-15)23-7-8-25-14(10-23)3-2-13-5-6-18-11-19-13/h1,4-6,9,11,14H,2-3,7-8,10H2,(H,20,21,22)/t14-/m1/s1. The van der Waals surface area contributed by atoms with Gasteiger partial charge in [-0.3, -0.25) is 4.79 Å². The lowest BCUT2D eigenvalue weighted by Crippen LogP contribution is -2.45. The number of amides is 1. The average Bonchev–Trinajstić information content (AvgIpc) is 3.14. The van der Waals surface area contributed by atoms with E-state index in [1.165, 1.54) is 0 Å². The number of morpholine rings is 1. The number of nitrogens with zero attached hydrogens (tertiary/aromatic N) is 5. The summed E-state index contributed by atoms with van der Waals surface area (Å²) < 4.78 is 5.81. The van der Waals surface area contributed by atoms with Gasteiger partial charge in [0, 0.05) is 30.5 Å². The number of hydrogen-bond donors (Lipinski definition) is 1. The van der Waals surface area contributed by atoms with Crippen molar-refractivity contribution < 1.29 is 9.53 Å². The van der Waals surface area contributed by atoms with E-state index in [2.05, 4.69) is 25.4 Å². The van der Waals surface area contributed by atoms with Crippen LogP contribution in [0, 0.1) is 0 Å². The summed E-state index contributed by atoms with van der Waals surface area (Å²) in [6, 6.07) is 7.27. The second kappa shape index (κ2) is 6.94. The third-order valence-electron chi connectivity index (χ3n) is 4.35. The first-order valence-corrected chi connectivity index (χ1v) is 8.26. The van der Waals surface area contributed by atoms with Gasteiger partial charge in [0.1, 0.15) is 17.4 Å². The molecule has 128 valence electrons. The number of ether oxygens (including phenoxy) is 1. The van der Waals surface area contributed by atoms with Crippen molar-refractivity contribution in [2.24, 2.45) is 0 Å². The first-order chi connectivity index (χ1) is 12.3. The molecule has 4 rings (SSSR count). The molecule has 1 fully saturated rings. The highest BCUT2D eigenvalue weighted by Gasteiger charge is 2.25. The van der Waals surface area contributed by atoms with Gasteiger partial charge in [-0.25, -0.2) is 9.97 Å². The minimum Gasteiger partial charge on any atom is -0.375 e. The summed E-state index contributed by atoms with van der Waals surface area (Å²) in [7, 11) is 0. The van der Waals surface area contributed by atoms with E-state index in [1.54, 1.807) is 30.7 Å². The number of aromatic amines is 1. The van der Waals surface area contributed by atoms with Crippen LogP contribution in [0.3, 0.4) is 0 Å². The van der Waals surface area contributed by atoms with Crippen LogP contribution in [-0.4, -0.2) is 62.0 Å². The highest BCUT2D eigenvalue weighted by Crippen LogP contribution is 2.17. The van der Waals surface area contributed by atoms with Gasteiger partial charge in [0.15, 0.2) is 0 Å². The first kappa shape index (κ1) is 15.6. The lowest BCUT2D eigenvalue weighted by atomic mass is 10.1. The molecule has 0 aliphatic carbocycles. The van der Waals surface area contributed by atoms with E-state index in [9.17, 15) is 4.79 Å². The zero-order chi connectivity index (χ0) is 17.1. The van der Waals surface area contributed by atoms with Crippen molar-refractivity contribution >= 4 is 16.9 Å². The third-order valence-corrected chi connectivity index (χ3v) is 4.35. The predicted octanol–water partition coefficient (Wildman–Crippen LogP) is 1.22. The highest BCUT2D eigenvalue weighted by atomic mass is 16.5. The fourth-order valence-corrected chi connectivity index (χ4v) is 3.01. The second-order valence-corrected chi connectivity index (χ2v) is 6.01. The van der Waals surface area contributed by atoms with Gasteiger partial charge in [-0.15, -0.1) is 0 Å². The van der Waals surface area contributed by atoms with Crippen LogP contribution in [0.4, 0.5) is 0 Å². The Morgan fingerprint density at radius 1 is 1.28 bits per heavy atom. The maximum Gasteiger partial charge on any atom is 0.254 e. The first-order valence-electron chi connectivity index (χ1n) is 8.26. The van der Waals surface area contributed by atoms with E-state index in [-0.39, 0.29) is 12.0 Å². The van der Waals surface area contributed by atoms with Gasteiger partial charge >= 0.3 is 0 Å². The summed E-state index contributed by atoms with van der Waals surface area (Å²) in [6.07, 6.45) is 4.93. The van der Waals surface area contributed by atoms with Gasteiger partial charge in [0.2, 0.25) is 0 Å². The SMILES string of the molecule is O=C(c1ccc2n[nH]nc2c1)N1CCO[C@H](CCc2ccncn2)C1. The molecule has 1 atom stereocenters. The topological polar surface area (TPSA) is 96.9 Å². The zero-order valence-electron chi connectivity index (χ0n) is 13.6. The fraction of sp³-hybridized carbons (Fsp3) is 0.353. The average molecular weight is 338 g/mol. The Morgan fingerprint density at radius 2 is 2.20 bits per heavy atom. The lowest BCUT2D eigenvalue weighted by Gasteiger charge is -2.33. The number of fused-ring (bicyclic) bond motifs is 1. The Balaban J connectivity index is 1.40. The van der Waals surface area contributed by atoms with Crippen LogP contribution in [0.25, 0.3) is 11.0 Å². The summed E-state index contributed by atoms with van der Waals surface area (Å²) in [5, 5.41) is 10.6. The zero-order valence-corrected chi connectivity index (χ0v) is 13.6. The molecule has 3 aromatic rings. The van der Waals surface area contributed by atoms with Crippen LogP contribution in [0.5, 0.6) is 0 Å². The second-order valence-electron chi connectivity index (χ2n) is 6.01. The summed E-state index contributed by atoms with van der Waals surface area (Å²) in [4.78, 5) is 22.8. The van der Waals surface area contributed by atoms with Crippen LogP contribution in [0.2, 0.25) is 0 Å². The number of aryl methyl sites for hydroxylation is 1. The Bertz CT molecular complexity index is 866. The molecule has 0 radical (unpaired) electrons. The van der Waals surface area contributed by atoms with Gasteiger partial charge in [-0.05, 0) is 37.1 Å². The van der Waals surface area contributed by atoms with E-state index in [0.29, 0.717) is 30.8 Å². The monoisotopic (exact) mass is 338 g/mol. The van der Waals surface area contributed by atoms with E-state index < -0.39 is 0 Å². The summed E-state index contributed by atoms with van der Waals surface area (Å²) in [6.45, 7) is 1.73. The molecule has 25 heavy (non-hydrogen) atoms. The number of carbonyl (C=O) groups is 1. The molecule has 0 spiro atoms. The molecule has 3 heterocycles. The summed E-state index contributed by atoms with van der Waals surface area (Å²) in [5.74, 6) is 0.000219. The van der Waals surface area contributed by atoms with Crippen LogP contribution in [0.15, 0.2) is 36.8 Å². The van der Waals surface area contributed by atoms with E-state index in [4.69, 9.17) is 4.74 Å². The fourth-order valence-electron chi connectivity index (χ4n) is 3.01. The molecule has 2 aromatic heterocycles. The molecule has 0 saturated carbocycles. The molecule has 8 heteroatoms. The van der Waals surface area contributed by atoms with Crippen LogP contribution < -0.4 is 0 Å². The largest absolute Gasteiger partial charge is 0.375 e. The number of benzene rings is 1. The van der Waals surface area contributed by atoms with E-state index in [0.717, 1.165) is 24.1 Å². The quantitative estimate of drug-likeness (QED) is 0.768. The maximum absolute atomic E-state index is 12.8. The van der Waals surface area contributed by atoms with Crippen LogP contribution in [-0.2, 0) is 11.2 Å². The molecule has 1 aromatic carbocycles. The number of hydrogen-bond acceptors (Lipinski definition) is 6. The van der Waals surface area contributed by atoms with Crippen LogP contribution >= 0.6 is 0 Å². The molecule has 1 aliphatic heterocycles. The minimum atomic E-state index is 0.000219. The Morgan fingerprint density at radius 3 is 3.08 bits per heavy atom. The maximum atomic E-state index is 12.8. The third kappa shape index (κ3) is 3.48. The normalized spacial score (nSPS) is 17.8. The minimum absolute atomic E-state index is 0.000219. The molecule has 0 bridgehead atoms. The number of carbonyl (C=O) groups excluding carboxylic acids is 1. The van der Waals surface area contributed by atoms with Gasteiger partial charge < -0.3 is 9.64 Å². The van der Waals surface area contributed by atoms with Crippen molar-refractivity contribution in [3.8, 4) is 0 Å². The van der Waals surface area contributed by atoms with Gasteiger partial charge in [0.25, 0.3) is 5.91 Å². The van der Waals surface area contributed by atoms with Gasteiger partial charge in [-0.1, -0.05) is 0 Å². The molecule has 1 saturated heterocycles. The van der Waals surface area contributed by atoms with Crippen molar-refractivity contribution in [2.45, 2.75) is 18.9 Å². The van der Waals surface area contributed by atoms with Gasteiger partial charge in [0.05, 0.1) is 12.7 Å². The van der Waals surface area contributed by atoms with Gasteiger partial charge in [-0.2, -0.15) is 15.4 Å². The predicted molar refractivity (Wildman–Crippen MR) is 89.9 cm³/mol. The molecule has 1 N–H and O–H groups in total. The number of H-pyrrole nitrogens is 1. The molecule has 0 unspecified atom stereocenters. The smallest absolute Gasteiger partial charge is 0.254 e. The number of rotatable bonds is 4. The molecule has 1 amide bonds. The van der Waals surface area contributed by atoms with Crippen molar-refractivity contribution in [3.05, 3.63) is 48.0 Å². The van der Waals surface area contributed by atoms with E-state index in [1.807, 2.05) is 11.0 Å². The number of nitrogens with one attached hydrogen (secondary N) is 1. The van der Waals surface area contributed by atoms with Crippen molar-refractivity contribution in [3.63, 3.8) is 0 Å². The summed E-state index contributed by atoms with van der Waals surface area (Å²) >= 11 is 0. The van der Waals surface area contributed by atoms with E-state index >= 15 is 0 Å². The Kier molecular flexibility index (Phi) is 4.34. The van der Waals surface area contributed by atoms with Crippen molar-refractivity contribution in [2.75, 3.05) is 19.7 Å². The van der Waals surface area contributed by atoms with Crippen molar-refractivity contribution in [1.82, 2.24) is 30.3 Å². The summed E-state index contributed by atoms with van der Waals surface area (Å²) in [5.41, 5.74) is 3.05. The highest BCUT2D eigenvalue weighted by molar-refractivity contribution is 5.97.